The Hall–Kier alpha value is -0.0800. The van der Waals surface area contributed by atoms with E-state index in [1.54, 1.807) is 0 Å². The average molecular weight is 198 g/mol. The lowest BCUT2D eigenvalue weighted by Crippen LogP contribution is -2.40. The predicted molar refractivity (Wildman–Crippen MR) is 56.1 cm³/mol. The lowest BCUT2D eigenvalue weighted by molar-refractivity contribution is -0.0475. The topological polar surface area (TPSA) is 29.5 Å². The number of hydrogen-bond donors (Lipinski definition) is 1. The summed E-state index contributed by atoms with van der Waals surface area (Å²) in [4.78, 5) is 0. The molecule has 82 valence electrons. The molecule has 2 rings (SSSR count). The Morgan fingerprint density at radius 3 is 2.00 bits per heavy atom. The van der Waals surface area contributed by atoms with Crippen LogP contribution in [-0.4, -0.2) is 24.9 Å². The first kappa shape index (κ1) is 10.4. The van der Waals surface area contributed by atoms with E-state index in [1.807, 2.05) is 0 Å². The molecule has 2 aliphatic rings. The molecule has 0 aromatic heterocycles. The molecule has 1 saturated carbocycles. The van der Waals surface area contributed by atoms with E-state index in [2.05, 4.69) is 20.8 Å². The summed E-state index contributed by atoms with van der Waals surface area (Å²) in [5.41, 5.74) is 0.793. The molecule has 2 fully saturated rings. The number of aliphatic hydroxyl groups is 1. The largest absolute Gasteiger partial charge is 0.396 e. The molecule has 2 heteroatoms. The highest BCUT2D eigenvalue weighted by atomic mass is 16.5. The van der Waals surface area contributed by atoms with Gasteiger partial charge in [0.15, 0.2) is 0 Å². The number of hydrogen-bond acceptors (Lipinski definition) is 2. The van der Waals surface area contributed by atoms with Crippen molar-refractivity contribution in [3.63, 3.8) is 0 Å². The van der Waals surface area contributed by atoms with Crippen LogP contribution in [0, 0.1) is 16.2 Å². The van der Waals surface area contributed by atoms with Crippen molar-refractivity contribution in [2.75, 3.05) is 19.8 Å². The van der Waals surface area contributed by atoms with Gasteiger partial charge in [-0.3, -0.25) is 0 Å². The molecule has 0 aromatic carbocycles. The Morgan fingerprint density at radius 1 is 1.14 bits per heavy atom. The van der Waals surface area contributed by atoms with Gasteiger partial charge in [-0.25, -0.2) is 0 Å². The quantitative estimate of drug-likeness (QED) is 0.737. The van der Waals surface area contributed by atoms with Crippen LogP contribution in [-0.2, 0) is 4.74 Å². The Balaban J connectivity index is 2.20. The molecule has 1 unspecified atom stereocenters. The fraction of sp³-hybridized carbons (Fsp3) is 1.00. The van der Waals surface area contributed by atoms with Crippen molar-refractivity contribution in [2.24, 2.45) is 16.2 Å². The minimum Gasteiger partial charge on any atom is -0.396 e. The van der Waals surface area contributed by atoms with Gasteiger partial charge >= 0.3 is 0 Å². The van der Waals surface area contributed by atoms with Gasteiger partial charge in [-0.1, -0.05) is 20.8 Å². The lowest BCUT2D eigenvalue weighted by Gasteiger charge is -2.42. The van der Waals surface area contributed by atoms with E-state index in [-0.39, 0.29) is 5.41 Å². The highest BCUT2D eigenvalue weighted by molar-refractivity contribution is 5.17. The number of aliphatic hydroxyl groups excluding tert-OH is 1. The average Bonchev–Trinajstić information content (AvgIpc) is 2.72. The van der Waals surface area contributed by atoms with Crippen molar-refractivity contribution >= 4 is 0 Å². The van der Waals surface area contributed by atoms with Gasteiger partial charge < -0.3 is 9.84 Å². The summed E-state index contributed by atoms with van der Waals surface area (Å²) in [6.45, 7) is 8.98. The maximum Gasteiger partial charge on any atom is 0.0498 e. The summed E-state index contributed by atoms with van der Waals surface area (Å²) in [5, 5.41) is 9.67. The molecule has 0 spiro atoms. The van der Waals surface area contributed by atoms with Crippen LogP contribution in [0.1, 0.15) is 40.0 Å². The molecular formula is C12H22O2. The number of rotatable bonds is 2. The van der Waals surface area contributed by atoms with Crippen LogP contribution in [0.5, 0.6) is 0 Å². The Bertz CT molecular complexity index is 228. The Kier molecular flexibility index (Phi) is 2.20. The second kappa shape index (κ2) is 2.96. The third-order valence-corrected chi connectivity index (χ3v) is 4.94. The highest BCUT2D eigenvalue weighted by Crippen LogP contribution is 2.73. The summed E-state index contributed by atoms with van der Waals surface area (Å²) in [5.74, 6) is 0. The van der Waals surface area contributed by atoms with Crippen LogP contribution in [0.4, 0.5) is 0 Å². The molecule has 1 atom stereocenters. The number of ether oxygens (including phenoxy) is 1. The fourth-order valence-corrected chi connectivity index (χ4v) is 3.50. The minimum absolute atomic E-state index is 0.170. The molecule has 1 aliphatic heterocycles. The van der Waals surface area contributed by atoms with Crippen molar-refractivity contribution in [3.05, 3.63) is 0 Å². The van der Waals surface area contributed by atoms with Gasteiger partial charge in [-0.15, -0.1) is 0 Å². The lowest BCUT2D eigenvalue weighted by atomic mass is 9.66. The zero-order valence-electron chi connectivity index (χ0n) is 9.60. The molecule has 2 nitrogen and oxygen atoms in total. The summed E-state index contributed by atoms with van der Waals surface area (Å²) >= 11 is 0. The SMILES string of the molecule is CC1(C)CC1(CO)C1(C)CCOCC1. The third kappa shape index (κ3) is 1.17. The van der Waals surface area contributed by atoms with Crippen molar-refractivity contribution in [2.45, 2.75) is 40.0 Å². The monoisotopic (exact) mass is 198 g/mol. The van der Waals surface area contributed by atoms with Crippen LogP contribution in [0.2, 0.25) is 0 Å². The maximum atomic E-state index is 9.67. The first-order valence-corrected chi connectivity index (χ1v) is 5.66. The van der Waals surface area contributed by atoms with Gasteiger partial charge in [-0.2, -0.15) is 0 Å². The summed E-state index contributed by atoms with van der Waals surface area (Å²) in [6.07, 6.45) is 3.39. The first-order chi connectivity index (χ1) is 6.47. The molecule has 1 heterocycles. The highest BCUT2D eigenvalue weighted by Gasteiger charge is 2.68. The van der Waals surface area contributed by atoms with Gasteiger partial charge in [0.25, 0.3) is 0 Å². The fourth-order valence-electron chi connectivity index (χ4n) is 3.50. The molecule has 0 aromatic rings. The van der Waals surface area contributed by atoms with Crippen LogP contribution in [0.15, 0.2) is 0 Å². The van der Waals surface area contributed by atoms with Gasteiger partial charge in [-0.05, 0) is 30.1 Å². The third-order valence-electron chi connectivity index (χ3n) is 4.94. The minimum atomic E-state index is 0.170. The van der Waals surface area contributed by atoms with Crippen LogP contribution in [0.25, 0.3) is 0 Å². The second-order valence-corrected chi connectivity index (χ2v) is 5.97. The van der Waals surface area contributed by atoms with E-state index in [0.29, 0.717) is 17.4 Å². The smallest absolute Gasteiger partial charge is 0.0498 e. The van der Waals surface area contributed by atoms with Crippen LogP contribution >= 0.6 is 0 Å². The van der Waals surface area contributed by atoms with Gasteiger partial charge in [0.05, 0.1) is 0 Å². The van der Waals surface area contributed by atoms with E-state index < -0.39 is 0 Å². The molecule has 0 amide bonds. The normalized spacial score (nSPS) is 39.4. The Morgan fingerprint density at radius 2 is 1.64 bits per heavy atom. The van der Waals surface area contributed by atoms with Crippen molar-refractivity contribution < 1.29 is 9.84 Å². The molecule has 0 bridgehead atoms. The van der Waals surface area contributed by atoms with E-state index in [0.717, 1.165) is 26.1 Å². The molecule has 1 N–H and O–H groups in total. The Labute approximate surface area is 86.6 Å². The van der Waals surface area contributed by atoms with Crippen LogP contribution < -0.4 is 0 Å². The maximum absolute atomic E-state index is 9.67. The van der Waals surface area contributed by atoms with Crippen molar-refractivity contribution in [1.82, 2.24) is 0 Å². The predicted octanol–water partition coefficient (Wildman–Crippen LogP) is 2.21. The van der Waals surface area contributed by atoms with Gasteiger partial charge in [0.2, 0.25) is 0 Å². The van der Waals surface area contributed by atoms with E-state index in [4.69, 9.17) is 4.74 Å². The van der Waals surface area contributed by atoms with Crippen LogP contribution in [0.3, 0.4) is 0 Å². The van der Waals surface area contributed by atoms with E-state index >= 15 is 0 Å². The molecule has 0 radical (unpaired) electrons. The molecule has 1 saturated heterocycles. The van der Waals surface area contributed by atoms with E-state index in [1.165, 1.54) is 6.42 Å². The summed E-state index contributed by atoms with van der Waals surface area (Å²) in [7, 11) is 0. The van der Waals surface area contributed by atoms with Gasteiger partial charge in [0, 0.05) is 25.2 Å². The molecule has 14 heavy (non-hydrogen) atoms. The molecular weight excluding hydrogens is 176 g/mol. The zero-order chi connectivity index (χ0) is 10.4. The zero-order valence-corrected chi connectivity index (χ0v) is 9.60. The summed E-state index contributed by atoms with van der Waals surface area (Å²) < 4.78 is 5.42. The van der Waals surface area contributed by atoms with E-state index in [9.17, 15) is 5.11 Å². The molecule has 1 aliphatic carbocycles. The van der Waals surface area contributed by atoms with Crippen molar-refractivity contribution in [3.8, 4) is 0 Å². The first-order valence-electron chi connectivity index (χ1n) is 5.66. The standard InChI is InChI=1S/C12H22O2/c1-10(2)8-12(10,9-13)11(3)4-6-14-7-5-11/h13H,4-9H2,1-3H3. The second-order valence-electron chi connectivity index (χ2n) is 5.97. The van der Waals surface area contributed by atoms with Gasteiger partial charge in [0.1, 0.15) is 0 Å². The van der Waals surface area contributed by atoms with Crippen molar-refractivity contribution in [1.29, 1.82) is 0 Å². The summed E-state index contributed by atoms with van der Waals surface area (Å²) in [6, 6.07) is 0.